The Balaban J connectivity index is 1.45. The van der Waals surface area contributed by atoms with Crippen LogP contribution in [0.15, 0.2) is 18.3 Å². The molecule has 3 heterocycles. The second kappa shape index (κ2) is 7.14. The van der Waals surface area contributed by atoms with E-state index < -0.39 is 21.5 Å². The van der Waals surface area contributed by atoms with Crippen molar-refractivity contribution < 1.29 is 18.3 Å². The van der Waals surface area contributed by atoms with Crippen molar-refractivity contribution in [3.63, 3.8) is 0 Å². The molecule has 2 N–H and O–H groups in total. The highest BCUT2D eigenvalue weighted by atomic mass is 35.5. The van der Waals surface area contributed by atoms with E-state index in [9.17, 15) is 18.3 Å². The minimum absolute atomic E-state index is 0.0738. The van der Waals surface area contributed by atoms with Crippen LogP contribution in [0.3, 0.4) is 0 Å². The number of carbonyl (C=O) groups excluding carboxylic acids is 1. The van der Waals surface area contributed by atoms with Crippen LogP contribution in [0.4, 0.5) is 4.79 Å². The topological polar surface area (TPSA) is 105 Å². The van der Waals surface area contributed by atoms with Gasteiger partial charge in [0, 0.05) is 41.9 Å². The van der Waals surface area contributed by atoms with Gasteiger partial charge in [0.05, 0.1) is 23.0 Å². The summed E-state index contributed by atoms with van der Waals surface area (Å²) < 4.78 is 24.3. The molecule has 1 aromatic heterocycles. The summed E-state index contributed by atoms with van der Waals surface area (Å²) in [6.45, 7) is 3.21. The van der Waals surface area contributed by atoms with Crippen molar-refractivity contribution in [1.82, 2.24) is 20.0 Å². The van der Waals surface area contributed by atoms with Gasteiger partial charge in [-0.3, -0.25) is 4.68 Å². The van der Waals surface area contributed by atoms with Crippen LogP contribution >= 0.6 is 11.6 Å². The van der Waals surface area contributed by atoms with Crippen molar-refractivity contribution in [2.24, 2.45) is 5.92 Å². The summed E-state index contributed by atoms with van der Waals surface area (Å²) in [5.41, 5.74) is 1.12. The molecular formula is C19H25ClN4O4S. The molecule has 1 fully saturated rings. The average Bonchev–Trinajstić information content (AvgIpc) is 3.17. The molecule has 8 nitrogen and oxygen atoms in total. The first-order valence-electron chi connectivity index (χ1n) is 9.67. The first-order valence-corrected chi connectivity index (χ1v) is 12.1. The molecule has 29 heavy (non-hydrogen) atoms. The number of urea groups is 1. The number of piperidine rings is 1. The molecule has 2 aliphatic heterocycles. The first-order chi connectivity index (χ1) is 13.6. The summed E-state index contributed by atoms with van der Waals surface area (Å²) in [6.07, 6.45) is 3.65. The second-order valence-electron chi connectivity index (χ2n) is 8.24. The summed E-state index contributed by atoms with van der Waals surface area (Å²) in [7, 11) is -3.11. The molecular weight excluding hydrogens is 416 g/mol. The summed E-state index contributed by atoms with van der Waals surface area (Å²) in [5.74, 6) is 0.0575. The standard InChI is InChI=1S/C19H25ClN4O4S/c1-19(17(25)15-10-14(20)9-12-11-22-24(19)16(12)15)13-3-6-23(7-4-13)18(26)21-5-8-29(2,27)28/h9-11,13,17,25H,3-8H2,1-2H3,(H,21,26). The van der Waals surface area contributed by atoms with Gasteiger partial charge >= 0.3 is 6.03 Å². The quantitative estimate of drug-likeness (QED) is 0.755. The molecule has 2 unspecified atom stereocenters. The molecule has 2 aromatic rings. The van der Waals surface area contributed by atoms with Gasteiger partial charge in [-0.2, -0.15) is 5.10 Å². The fraction of sp³-hybridized carbons (Fsp3) is 0.579. The first kappa shape index (κ1) is 20.4. The number of halogens is 1. The third-order valence-electron chi connectivity index (χ3n) is 6.32. The number of nitrogens with one attached hydrogen (secondary N) is 1. The minimum atomic E-state index is -3.11. The van der Waals surface area contributed by atoms with Crippen LogP contribution in [0.2, 0.25) is 5.02 Å². The van der Waals surface area contributed by atoms with Crippen LogP contribution in [0, 0.1) is 5.92 Å². The van der Waals surface area contributed by atoms with Crippen LogP contribution in [-0.4, -0.2) is 65.9 Å². The number of benzene rings is 1. The monoisotopic (exact) mass is 440 g/mol. The summed E-state index contributed by atoms with van der Waals surface area (Å²) in [5, 5.41) is 19.9. The van der Waals surface area contributed by atoms with Crippen molar-refractivity contribution in [2.45, 2.75) is 31.4 Å². The number of sulfone groups is 1. The Hall–Kier alpha value is -1.84. The minimum Gasteiger partial charge on any atom is -0.386 e. The summed E-state index contributed by atoms with van der Waals surface area (Å²) in [6, 6.07) is 3.41. The second-order valence-corrected chi connectivity index (χ2v) is 10.9. The Bertz CT molecular complexity index is 1060. The van der Waals surface area contributed by atoms with E-state index in [1.807, 2.05) is 23.7 Å². The van der Waals surface area contributed by atoms with E-state index in [2.05, 4.69) is 10.4 Å². The lowest BCUT2D eigenvalue weighted by Gasteiger charge is -2.42. The fourth-order valence-corrected chi connectivity index (χ4v) is 5.39. The molecule has 4 rings (SSSR count). The van der Waals surface area contributed by atoms with Gasteiger partial charge < -0.3 is 15.3 Å². The molecule has 0 spiro atoms. The molecule has 10 heteroatoms. The van der Waals surface area contributed by atoms with Crippen LogP contribution in [0.5, 0.6) is 0 Å². The zero-order valence-corrected chi connectivity index (χ0v) is 18.0. The van der Waals surface area contributed by atoms with Gasteiger partial charge in [0.15, 0.2) is 0 Å². The van der Waals surface area contributed by atoms with E-state index in [4.69, 9.17) is 11.6 Å². The highest BCUT2D eigenvalue weighted by Crippen LogP contribution is 2.51. The lowest BCUT2D eigenvalue weighted by atomic mass is 9.75. The zero-order valence-electron chi connectivity index (χ0n) is 16.4. The largest absolute Gasteiger partial charge is 0.386 e. The van der Waals surface area contributed by atoms with Gasteiger partial charge in [0.1, 0.15) is 15.9 Å². The van der Waals surface area contributed by atoms with Gasteiger partial charge in [-0.25, -0.2) is 13.2 Å². The van der Waals surface area contributed by atoms with Crippen molar-refractivity contribution in [2.75, 3.05) is 31.6 Å². The van der Waals surface area contributed by atoms with Gasteiger partial charge in [0.2, 0.25) is 0 Å². The molecule has 1 saturated heterocycles. The molecule has 0 aliphatic carbocycles. The van der Waals surface area contributed by atoms with E-state index in [1.54, 1.807) is 11.1 Å². The molecule has 0 bridgehead atoms. The maximum Gasteiger partial charge on any atom is 0.317 e. The van der Waals surface area contributed by atoms with Crippen LogP contribution < -0.4 is 5.32 Å². The molecule has 1 aromatic carbocycles. The van der Waals surface area contributed by atoms with Gasteiger partial charge in [-0.05, 0) is 37.8 Å². The normalized spacial score (nSPS) is 25.0. The number of amides is 2. The lowest BCUT2D eigenvalue weighted by molar-refractivity contribution is -0.0116. The van der Waals surface area contributed by atoms with E-state index >= 15 is 0 Å². The Kier molecular flexibility index (Phi) is 5.03. The average molecular weight is 441 g/mol. The Morgan fingerprint density at radius 1 is 1.38 bits per heavy atom. The van der Waals surface area contributed by atoms with E-state index in [1.165, 1.54) is 0 Å². The number of hydrogen-bond acceptors (Lipinski definition) is 5. The predicted octanol–water partition coefficient (Wildman–Crippen LogP) is 1.92. The smallest absolute Gasteiger partial charge is 0.317 e. The van der Waals surface area contributed by atoms with E-state index in [-0.39, 0.29) is 24.2 Å². The summed E-state index contributed by atoms with van der Waals surface area (Å²) in [4.78, 5) is 14.0. The summed E-state index contributed by atoms with van der Waals surface area (Å²) >= 11 is 6.21. The number of nitrogens with zero attached hydrogens (tertiary/aromatic N) is 3. The molecule has 0 saturated carbocycles. The third-order valence-corrected chi connectivity index (χ3v) is 7.48. The molecule has 2 aliphatic rings. The van der Waals surface area contributed by atoms with Crippen molar-refractivity contribution in [3.05, 3.63) is 28.9 Å². The lowest BCUT2D eigenvalue weighted by Crippen LogP contribution is -2.50. The maximum absolute atomic E-state index is 12.3. The number of aromatic nitrogens is 2. The Morgan fingerprint density at radius 3 is 2.72 bits per heavy atom. The molecule has 158 valence electrons. The van der Waals surface area contributed by atoms with Gasteiger partial charge in [-0.1, -0.05) is 11.6 Å². The highest BCUT2D eigenvalue weighted by molar-refractivity contribution is 7.90. The number of hydrogen-bond donors (Lipinski definition) is 2. The number of carbonyl (C=O) groups is 1. The molecule has 0 radical (unpaired) electrons. The van der Waals surface area contributed by atoms with Gasteiger partial charge in [-0.15, -0.1) is 0 Å². The predicted molar refractivity (Wildman–Crippen MR) is 111 cm³/mol. The van der Waals surface area contributed by atoms with Crippen LogP contribution in [0.25, 0.3) is 10.9 Å². The number of aliphatic hydroxyl groups excluding tert-OH is 1. The van der Waals surface area contributed by atoms with Gasteiger partial charge in [0.25, 0.3) is 0 Å². The molecule has 2 amide bonds. The van der Waals surface area contributed by atoms with Crippen molar-refractivity contribution in [3.8, 4) is 0 Å². The maximum atomic E-state index is 12.3. The SMILES string of the molecule is CC1(C2CCN(C(=O)NCCS(C)(=O)=O)CC2)C(O)c2cc(Cl)cc3cnn1c23. The Morgan fingerprint density at radius 2 is 2.07 bits per heavy atom. The Labute approximate surface area is 174 Å². The van der Waals surface area contributed by atoms with E-state index in [0.717, 1.165) is 35.6 Å². The van der Waals surface area contributed by atoms with Crippen LogP contribution in [-0.2, 0) is 15.4 Å². The molecule has 2 atom stereocenters. The fourth-order valence-electron chi connectivity index (χ4n) is 4.69. The highest BCUT2D eigenvalue weighted by Gasteiger charge is 2.50. The zero-order chi connectivity index (χ0) is 21.0. The van der Waals surface area contributed by atoms with E-state index in [0.29, 0.717) is 18.1 Å². The number of likely N-dealkylation sites (tertiary alicyclic amines) is 1. The third kappa shape index (κ3) is 3.49. The van der Waals surface area contributed by atoms with Crippen molar-refractivity contribution >= 4 is 38.4 Å². The number of rotatable bonds is 4. The van der Waals surface area contributed by atoms with Crippen LogP contribution in [0.1, 0.15) is 31.4 Å². The number of aliphatic hydroxyl groups is 1. The van der Waals surface area contributed by atoms with Crippen molar-refractivity contribution in [1.29, 1.82) is 0 Å².